The van der Waals surface area contributed by atoms with Gasteiger partial charge in [-0.25, -0.2) is 0 Å². The van der Waals surface area contributed by atoms with Crippen LogP contribution in [0, 0.1) is 0 Å². The molecule has 0 radical (unpaired) electrons. The molecule has 0 aliphatic rings. The van der Waals surface area contributed by atoms with Crippen molar-refractivity contribution in [3.63, 3.8) is 0 Å². The largest absolute Gasteiger partial charge is 0.392 e. The SMILES string of the molecule is C=C(c1cc(CO)cc(C(=C)c2cc(C(C)(C)C)cc(C(C)(C)C)c2)c1)c1cc(C(C)(C)C)cc(C(C)(C)C)c1. The predicted octanol–water partition coefficient (Wildman–Crippen LogP) is 10.5. The van der Waals surface area contributed by atoms with E-state index in [0.29, 0.717) is 0 Å². The van der Waals surface area contributed by atoms with E-state index in [2.05, 4.69) is 151 Å². The molecule has 0 unspecified atom stereocenters. The van der Waals surface area contributed by atoms with Crippen LogP contribution in [0.5, 0.6) is 0 Å². The number of hydrogen-bond acceptors (Lipinski definition) is 1. The van der Waals surface area contributed by atoms with E-state index in [4.69, 9.17) is 0 Å². The van der Waals surface area contributed by atoms with E-state index in [-0.39, 0.29) is 28.3 Å². The predicted molar refractivity (Wildman–Crippen MR) is 176 cm³/mol. The summed E-state index contributed by atoms with van der Waals surface area (Å²) in [5.41, 5.74) is 12.3. The van der Waals surface area contributed by atoms with Gasteiger partial charge in [0.25, 0.3) is 0 Å². The maximum Gasteiger partial charge on any atom is 0.0682 e. The van der Waals surface area contributed by atoms with E-state index in [1.165, 1.54) is 22.3 Å². The minimum atomic E-state index is -0.0358. The van der Waals surface area contributed by atoms with Crippen LogP contribution in [0.25, 0.3) is 11.1 Å². The van der Waals surface area contributed by atoms with Crippen molar-refractivity contribution >= 4 is 11.1 Å². The van der Waals surface area contributed by atoms with Crippen molar-refractivity contribution in [2.45, 2.75) is 111 Å². The molecule has 3 aromatic rings. The van der Waals surface area contributed by atoms with E-state index >= 15 is 0 Å². The zero-order chi connectivity index (χ0) is 30.4. The zero-order valence-corrected chi connectivity index (χ0v) is 27.3. The van der Waals surface area contributed by atoms with E-state index in [0.717, 1.165) is 39.0 Å². The summed E-state index contributed by atoms with van der Waals surface area (Å²) >= 11 is 0. The molecule has 0 fully saturated rings. The maximum atomic E-state index is 10.2. The first-order valence-electron chi connectivity index (χ1n) is 14.6. The molecule has 40 heavy (non-hydrogen) atoms. The van der Waals surface area contributed by atoms with Gasteiger partial charge in [-0.15, -0.1) is 0 Å². The van der Waals surface area contributed by atoms with Crippen LogP contribution in [0.1, 0.15) is 133 Å². The Morgan fingerprint density at radius 1 is 0.450 bits per heavy atom. The fraction of sp³-hybridized carbons (Fsp3) is 0.436. The highest BCUT2D eigenvalue weighted by molar-refractivity contribution is 5.85. The average Bonchev–Trinajstić information content (AvgIpc) is 2.84. The number of aliphatic hydroxyl groups excluding tert-OH is 1. The molecule has 3 rings (SSSR count). The monoisotopic (exact) mass is 536 g/mol. The second-order valence-corrected chi connectivity index (χ2v) is 15.6. The second kappa shape index (κ2) is 10.8. The number of benzene rings is 3. The third kappa shape index (κ3) is 7.24. The third-order valence-corrected chi connectivity index (χ3v) is 7.90. The molecule has 0 aromatic heterocycles. The highest BCUT2D eigenvalue weighted by atomic mass is 16.3. The van der Waals surface area contributed by atoms with Gasteiger partial charge in [0, 0.05) is 0 Å². The first-order valence-corrected chi connectivity index (χ1v) is 14.6. The van der Waals surface area contributed by atoms with Crippen LogP contribution in [0.2, 0.25) is 0 Å². The number of aliphatic hydroxyl groups is 1. The van der Waals surface area contributed by atoms with Gasteiger partial charge in [-0.1, -0.05) is 133 Å². The summed E-state index contributed by atoms with van der Waals surface area (Å²) in [7, 11) is 0. The van der Waals surface area contributed by atoms with E-state index < -0.39 is 0 Å². The topological polar surface area (TPSA) is 20.2 Å². The van der Waals surface area contributed by atoms with Gasteiger partial charge in [-0.2, -0.15) is 0 Å². The highest BCUT2D eigenvalue weighted by Crippen LogP contribution is 2.37. The van der Waals surface area contributed by atoms with Crippen LogP contribution in [-0.4, -0.2) is 5.11 Å². The summed E-state index contributed by atoms with van der Waals surface area (Å²) in [6, 6.07) is 20.1. The van der Waals surface area contributed by atoms with Gasteiger partial charge >= 0.3 is 0 Å². The number of hydrogen-bond donors (Lipinski definition) is 1. The first-order chi connectivity index (χ1) is 18.1. The third-order valence-electron chi connectivity index (χ3n) is 7.90. The molecule has 3 aromatic carbocycles. The van der Waals surface area contributed by atoms with Gasteiger partial charge in [-0.05, 0) is 101 Å². The van der Waals surface area contributed by atoms with Crippen molar-refractivity contribution in [3.05, 3.63) is 118 Å². The fourth-order valence-electron chi connectivity index (χ4n) is 4.80. The Bertz CT molecular complexity index is 1250. The highest BCUT2D eigenvalue weighted by Gasteiger charge is 2.23. The Hall–Kier alpha value is -2.90. The Balaban J connectivity index is 2.18. The lowest BCUT2D eigenvalue weighted by atomic mass is 9.78. The molecule has 0 aliphatic carbocycles. The normalized spacial score (nSPS) is 12.9. The molecule has 0 aliphatic heterocycles. The lowest BCUT2D eigenvalue weighted by molar-refractivity contribution is 0.282. The van der Waals surface area contributed by atoms with E-state index in [9.17, 15) is 5.11 Å². The molecule has 0 heterocycles. The zero-order valence-electron chi connectivity index (χ0n) is 27.3. The average molecular weight is 537 g/mol. The molecule has 1 nitrogen and oxygen atoms in total. The lowest BCUT2D eigenvalue weighted by Gasteiger charge is -2.27. The van der Waals surface area contributed by atoms with Crippen LogP contribution in [0.15, 0.2) is 67.8 Å². The maximum absolute atomic E-state index is 10.2. The Morgan fingerprint density at radius 3 is 0.925 bits per heavy atom. The van der Waals surface area contributed by atoms with Gasteiger partial charge in [-0.3, -0.25) is 0 Å². The second-order valence-electron chi connectivity index (χ2n) is 15.6. The summed E-state index contributed by atoms with van der Waals surface area (Å²) < 4.78 is 0. The quantitative estimate of drug-likeness (QED) is 0.344. The summed E-state index contributed by atoms with van der Waals surface area (Å²) in [6.07, 6.45) is 0. The van der Waals surface area contributed by atoms with Crippen LogP contribution in [0.3, 0.4) is 0 Å². The van der Waals surface area contributed by atoms with Crippen molar-refractivity contribution in [2.24, 2.45) is 0 Å². The van der Waals surface area contributed by atoms with Crippen molar-refractivity contribution in [3.8, 4) is 0 Å². The summed E-state index contributed by atoms with van der Waals surface area (Å²) in [4.78, 5) is 0. The number of rotatable bonds is 5. The molecule has 0 amide bonds. The lowest BCUT2D eigenvalue weighted by Crippen LogP contribution is -2.17. The van der Waals surface area contributed by atoms with Gasteiger partial charge < -0.3 is 5.11 Å². The molecule has 0 saturated heterocycles. The van der Waals surface area contributed by atoms with Crippen LogP contribution in [-0.2, 0) is 28.3 Å². The Labute approximate surface area is 245 Å². The summed E-state index contributed by atoms with van der Waals surface area (Å²) in [5.74, 6) is 0. The van der Waals surface area contributed by atoms with Crippen molar-refractivity contribution in [1.29, 1.82) is 0 Å². The molecule has 1 heteroatoms. The summed E-state index contributed by atoms with van der Waals surface area (Å²) in [6.45, 7) is 36.2. The molecular weight excluding hydrogens is 484 g/mol. The van der Waals surface area contributed by atoms with Crippen LogP contribution in [0.4, 0.5) is 0 Å². The molecule has 0 spiro atoms. The van der Waals surface area contributed by atoms with Crippen molar-refractivity contribution < 1.29 is 5.11 Å². The molecule has 0 saturated carbocycles. The first kappa shape index (κ1) is 31.6. The Morgan fingerprint density at radius 2 is 0.700 bits per heavy atom. The molecule has 0 atom stereocenters. The van der Waals surface area contributed by atoms with Gasteiger partial charge in [0.1, 0.15) is 0 Å². The van der Waals surface area contributed by atoms with Crippen LogP contribution >= 0.6 is 0 Å². The summed E-state index contributed by atoms with van der Waals surface area (Å²) in [5, 5.41) is 10.2. The van der Waals surface area contributed by atoms with Crippen LogP contribution < -0.4 is 0 Å². The van der Waals surface area contributed by atoms with Gasteiger partial charge in [0.15, 0.2) is 0 Å². The smallest absolute Gasteiger partial charge is 0.0682 e. The van der Waals surface area contributed by atoms with E-state index in [1.54, 1.807) is 0 Å². The Kier molecular flexibility index (Phi) is 8.56. The van der Waals surface area contributed by atoms with Gasteiger partial charge in [0.05, 0.1) is 6.61 Å². The molecule has 0 bridgehead atoms. The van der Waals surface area contributed by atoms with Crippen molar-refractivity contribution in [2.75, 3.05) is 0 Å². The minimum absolute atomic E-state index is 0.0194. The minimum Gasteiger partial charge on any atom is -0.392 e. The molecular formula is C39H52O. The molecule has 1 N–H and O–H groups in total. The standard InChI is InChI=1S/C39H52O/c1-25(30-18-32(36(3,4)5)22-33(19-30)37(6,7)8)28-15-27(24-40)16-29(17-28)26(2)31-20-34(38(9,10)11)23-35(21-31)39(12,13)14/h15-23,40H,1-2,24H2,3-14H3. The van der Waals surface area contributed by atoms with Gasteiger partial charge in [0.2, 0.25) is 0 Å². The van der Waals surface area contributed by atoms with E-state index in [1.807, 2.05) is 0 Å². The molecule has 214 valence electrons. The van der Waals surface area contributed by atoms with Crippen molar-refractivity contribution in [1.82, 2.24) is 0 Å². The fourth-order valence-corrected chi connectivity index (χ4v) is 4.80.